The number of aliphatic imine (C=N–C) groups is 1. The van der Waals surface area contributed by atoms with Gasteiger partial charge in [-0.2, -0.15) is 4.99 Å². The van der Waals surface area contributed by atoms with Crippen LogP contribution in [-0.2, 0) is 0 Å². The highest BCUT2D eigenvalue weighted by atomic mass is 35.5. The van der Waals surface area contributed by atoms with Crippen LogP contribution < -0.4 is 0 Å². The second kappa shape index (κ2) is 5.41. The quantitative estimate of drug-likeness (QED) is 0.742. The van der Waals surface area contributed by atoms with Gasteiger partial charge in [0.25, 0.3) is 5.91 Å². The van der Waals surface area contributed by atoms with Crippen molar-refractivity contribution in [1.82, 2.24) is 0 Å². The molecule has 0 aromatic heterocycles. The molecule has 2 aromatic carbocycles. The molecule has 0 bridgehead atoms. The number of rotatable bonds is 2. The minimum Gasteiger partial charge on any atom is -0.267 e. The maximum absolute atomic E-state index is 11.8. The van der Waals surface area contributed by atoms with Gasteiger partial charge in [-0.1, -0.05) is 60.1 Å². The molecule has 0 fully saturated rings. The van der Waals surface area contributed by atoms with Crippen molar-refractivity contribution in [2.75, 3.05) is 0 Å². The number of carbonyl (C=O) groups is 1. The number of nitrogens with zero attached hydrogens (tertiary/aromatic N) is 1. The summed E-state index contributed by atoms with van der Waals surface area (Å²) in [6.07, 6.45) is 0. The van der Waals surface area contributed by atoms with Crippen LogP contribution in [0, 0.1) is 0 Å². The first-order chi connectivity index (χ1) is 8.27. The van der Waals surface area contributed by atoms with Crippen molar-refractivity contribution in [3.8, 4) is 0 Å². The summed E-state index contributed by atoms with van der Waals surface area (Å²) in [6, 6.07) is 18.0. The number of halogens is 1. The Labute approximate surface area is 105 Å². The molecule has 0 unspecified atom stereocenters. The molecular formula is C14H10ClNO. The summed E-state index contributed by atoms with van der Waals surface area (Å²) in [6.45, 7) is 0. The number of hydrogen-bond donors (Lipinski definition) is 0. The second-order valence-electron chi connectivity index (χ2n) is 3.44. The standard InChI is InChI=1S/C14H10ClNO/c15-13(11-7-3-1-4-8-11)16-14(17)12-9-5-2-6-10-12/h1-10H. The number of carbonyl (C=O) groups excluding carboxylic acids is 1. The molecular weight excluding hydrogens is 234 g/mol. The molecule has 3 heteroatoms. The van der Waals surface area contributed by atoms with E-state index in [0.29, 0.717) is 5.56 Å². The van der Waals surface area contributed by atoms with Crippen LogP contribution in [-0.4, -0.2) is 11.1 Å². The van der Waals surface area contributed by atoms with Gasteiger partial charge in [0, 0.05) is 11.1 Å². The molecule has 1 amide bonds. The molecule has 2 rings (SSSR count). The summed E-state index contributed by atoms with van der Waals surface area (Å²) in [5.74, 6) is -0.334. The smallest absolute Gasteiger partial charge is 0.267 e. The van der Waals surface area contributed by atoms with E-state index in [4.69, 9.17) is 11.6 Å². The minimum atomic E-state index is -0.334. The van der Waals surface area contributed by atoms with Crippen LogP contribution in [0.15, 0.2) is 65.7 Å². The van der Waals surface area contributed by atoms with Crippen LogP contribution in [0.2, 0.25) is 0 Å². The normalized spacial score (nSPS) is 11.2. The monoisotopic (exact) mass is 243 g/mol. The fraction of sp³-hybridized carbons (Fsp3) is 0. The van der Waals surface area contributed by atoms with E-state index >= 15 is 0 Å². The Bertz CT molecular complexity index is 535. The molecule has 0 aliphatic carbocycles. The lowest BCUT2D eigenvalue weighted by Gasteiger charge is -1.98. The van der Waals surface area contributed by atoms with Gasteiger partial charge in [-0.25, -0.2) is 0 Å². The van der Waals surface area contributed by atoms with Gasteiger partial charge in [0.1, 0.15) is 5.17 Å². The highest BCUT2D eigenvalue weighted by molar-refractivity contribution is 6.70. The maximum atomic E-state index is 11.8. The van der Waals surface area contributed by atoms with Crippen LogP contribution in [0.1, 0.15) is 15.9 Å². The van der Waals surface area contributed by atoms with Crippen molar-refractivity contribution in [2.45, 2.75) is 0 Å². The van der Waals surface area contributed by atoms with Crippen LogP contribution in [0.4, 0.5) is 0 Å². The summed E-state index contributed by atoms with van der Waals surface area (Å²) in [5.41, 5.74) is 1.26. The van der Waals surface area contributed by atoms with Crippen LogP contribution in [0.25, 0.3) is 0 Å². The topological polar surface area (TPSA) is 29.4 Å². The molecule has 84 valence electrons. The Balaban J connectivity index is 2.24. The predicted molar refractivity (Wildman–Crippen MR) is 69.6 cm³/mol. The van der Waals surface area contributed by atoms with Gasteiger partial charge in [-0.15, -0.1) is 0 Å². The maximum Gasteiger partial charge on any atom is 0.278 e. The molecule has 0 saturated carbocycles. The summed E-state index contributed by atoms with van der Waals surface area (Å²) in [4.78, 5) is 15.6. The van der Waals surface area contributed by atoms with Crippen LogP contribution in [0.5, 0.6) is 0 Å². The van der Waals surface area contributed by atoms with Gasteiger partial charge in [0.05, 0.1) is 0 Å². The molecule has 0 aliphatic rings. The third-order valence-corrected chi connectivity index (χ3v) is 2.54. The van der Waals surface area contributed by atoms with Gasteiger partial charge in [-0.3, -0.25) is 4.79 Å². The average molecular weight is 244 g/mol. The van der Waals surface area contributed by atoms with Gasteiger partial charge in [-0.05, 0) is 12.1 Å². The molecule has 0 N–H and O–H groups in total. The van der Waals surface area contributed by atoms with E-state index in [1.807, 2.05) is 36.4 Å². The summed E-state index contributed by atoms with van der Waals surface area (Å²) < 4.78 is 0. The zero-order chi connectivity index (χ0) is 12.1. The van der Waals surface area contributed by atoms with Gasteiger partial charge >= 0.3 is 0 Å². The SMILES string of the molecule is O=C(N=C(Cl)c1ccccc1)c1ccccc1. The lowest BCUT2D eigenvalue weighted by atomic mass is 10.2. The van der Waals surface area contributed by atoms with Gasteiger partial charge in [0.2, 0.25) is 0 Å². The van der Waals surface area contributed by atoms with E-state index in [9.17, 15) is 4.79 Å². The third-order valence-electron chi connectivity index (χ3n) is 2.23. The largest absolute Gasteiger partial charge is 0.278 e. The molecule has 0 saturated heterocycles. The summed E-state index contributed by atoms with van der Waals surface area (Å²) >= 11 is 5.98. The fourth-order valence-corrected chi connectivity index (χ4v) is 1.58. The van der Waals surface area contributed by atoms with Crippen molar-refractivity contribution in [3.05, 3.63) is 71.8 Å². The van der Waals surface area contributed by atoms with E-state index in [1.54, 1.807) is 24.3 Å². The average Bonchev–Trinajstić information content (AvgIpc) is 2.40. The highest BCUT2D eigenvalue weighted by Gasteiger charge is 2.05. The minimum absolute atomic E-state index is 0.208. The van der Waals surface area contributed by atoms with Gasteiger partial charge < -0.3 is 0 Å². The molecule has 2 aromatic rings. The van der Waals surface area contributed by atoms with Crippen molar-refractivity contribution in [3.63, 3.8) is 0 Å². The van der Waals surface area contributed by atoms with Gasteiger partial charge in [0.15, 0.2) is 0 Å². The molecule has 0 radical (unpaired) electrons. The molecule has 0 heterocycles. The zero-order valence-corrected chi connectivity index (χ0v) is 9.76. The Kier molecular flexibility index (Phi) is 3.68. The predicted octanol–water partition coefficient (Wildman–Crippen LogP) is 3.51. The van der Waals surface area contributed by atoms with E-state index in [-0.39, 0.29) is 11.1 Å². The van der Waals surface area contributed by atoms with E-state index in [0.717, 1.165) is 5.56 Å². The molecule has 0 atom stereocenters. The van der Waals surface area contributed by atoms with Crippen molar-refractivity contribution in [2.24, 2.45) is 4.99 Å². The first kappa shape index (κ1) is 11.6. The summed E-state index contributed by atoms with van der Waals surface area (Å²) in [7, 11) is 0. The lowest BCUT2D eigenvalue weighted by molar-refractivity contribution is 0.100. The van der Waals surface area contributed by atoms with E-state index in [1.165, 1.54) is 0 Å². The van der Waals surface area contributed by atoms with Crippen molar-refractivity contribution < 1.29 is 4.79 Å². The Morgan fingerprint density at radius 2 is 1.29 bits per heavy atom. The van der Waals surface area contributed by atoms with Crippen molar-refractivity contribution >= 4 is 22.7 Å². The molecule has 0 spiro atoms. The Morgan fingerprint density at radius 3 is 1.82 bits per heavy atom. The highest BCUT2D eigenvalue weighted by Crippen LogP contribution is 2.08. The van der Waals surface area contributed by atoms with Crippen LogP contribution >= 0.6 is 11.6 Å². The van der Waals surface area contributed by atoms with Crippen LogP contribution in [0.3, 0.4) is 0 Å². The second-order valence-corrected chi connectivity index (χ2v) is 3.80. The first-order valence-electron chi connectivity index (χ1n) is 5.16. The van der Waals surface area contributed by atoms with Crippen molar-refractivity contribution in [1.29, 1.82) is 0 Å². The van der Waals surface area contributed by atoms with E-state index < -0.39 is 0 Å². The first-order valence-corrected chi connectivity index (χ1v) is 5.54. The third kappa shape index (κ3) is 3.02. The van der Waals surface area contributed by atoms with E-state index in [2.05, 4.69) is 4.99 Å². The lowest BCUT2D eigenvalue weighted by Crippen LogP contribution is -1.99. The Morgan fingerprint density at radius 1 is 0.824 bits per heavy atom. The zero-order valence-electron chi connectivity index (χ0n) is 9.01. The number of benzene rings is 2. The Hall–Kier alpha value is -1.93. The fourth-order valence-electron chi connectivity index (χ4n) is 1.37. The molecule has 0 aliphatic heterocycles. The summed E-state index contributed by atoms with van der Waals surface area (Å²) in [5, 5.41) is 0.208. The molecule has 2 nitrogen and oxygen atoms in total. The number of hydrogen-bond acceptors (Lipinski definition) is 1. The number of amides is 1. The molecule has 17 heavy (non-hydrogen) atoms.